The van der Waals surface area contributed by atoms with Crippen molar-refractivity contribution in [2.24, 2.45) is 0 Å². The van der Waals surface area contributed by atoms with E-state index in [1.807, 2.05) is 49.4 Å². The van der Waals surface area contributed by atoms with Gasteiger partial charge in [0.1, 0.15) is 5.75 Å². The molecule has 22 heavy (non-hydrogen) atoms. The molecule has 0 aliphatic carbocycles. The molecule has 1 unspecified atom stereocenters. The zero-order valence-electron chi connectivity index (χ0n) is 13.2. The van der Waals surface area contributed by atoms with E-state index in [1.165, 1.54) is 5.56 Å². The van der Waals surface area contributed by atoms with Crippen molar-refractivity contribution in [2.45, 2.75) is 26.2 Å². The number of amides is 1. The van der Waals surface area contributed by atoms with Crippen molar-refractivity contribution in [3.8, 4) is 5.75 Å². The number of rotatable bonds is 7. The van der Waals surface area contributed by atoms with Crippen molar-refractivity contribution in [2.75, 3.05) is 13.2 Å². The molecule has 0 aliphatic rings. The van der Waals surface area contributed by atoms with Crippen LogP contribution in [0.5, 0.6) is 5.75 Å². The monoisotopic (exact) mass is 297 g/mol. The molecule has 116 valence electrons. The van der Waals surface area contributed by atoms with E-state index in [0.717, 1.165) is 17.7 Å². The highest BCUT2D eigenvalue weighted by molar-refractivity contribution is 5.77. The number of aryl methyl sites for hydroxylation is 1. The summed E-state index contributed by atoms with van der Waals surface area (Å²) < 4.78 is 5.51. The second kappa shape index (κ2) is 8.23. The van der Waals surface area contributed by atoms with Gasteiger partial charge in [0.2, 0.25) is 0 Å². The smallest absolute Gasteiger partial charge is 0.257 e. The lowest BCUT2D eigenvalue weighted by molar-refractivity contribution is -0.123. The number of nitrogens with one attached hydrogen (secondary N) is 1. The molecule has 0 radical (unpaired) electrons. The lowest BCUT2D eigenvalue weighted by Crippen LogP contribution is -2.32. The van der Waals surface area contributed by atoms with E-state index >= 15 is 0 Å². The minimum Gasteiger partial charge on any atom is -0.484 e. The molecule has 0 saturated carbocycles. The Labute approximate surface area is 132 Å². The molecule has 2 aromatic rings. The van der Waals surface area contributed by atoms with Gasteiger partial charge in [-0.3, -0.25) is 4.79 Å². The maximum absolute atomic E-state index is 11.9. The van der Waals surface area contributed by atoms with Crippen LogP contribution in [0.2, 0.25) is 0 Å². The molecule has 3 heteroatoms. The second-order valence-electron chi connectivity index (χ2n) is 5.43. The summed E-state index contributed by atoms with van der Waals surface area (Å²) in [5, 5.41) is 2.95. The average molecular weight is 297 g/mol. The largest absolute Gasteiger partial charge is 0.484 e. The summed E-state index contributed by atoms with van der Waals surface area (Å²) in [7, 11) is 0. The third-order valence-electron chi connectivity index (χ3n) is 3.67. The predicted octanol–water partition coefficient (Wildman–Crippen LogP) is 3.68. The number of benzene rings is 2. The molecule has 2 aromatic carbocycles. The van der Waals surface area contributed by atoms with Crippen molar-refractivity contribution >= 4 is 5.91 Å². The Hall–Kier alpha value is -2.29. The highest BCUT2D eigenvalue weighted by atomic mass is 16.5. The van der Waals surface area contributed by atoms with Crippen LogP contribution in [0.4, 0.5) is 0 Å². The number of carbonyl (C=O) groups is 1. The van der Waals surface area contributed by atoms with Gasteiger partial charge in [-0.2, -0.15) is 0 Å². The summed E-state index contributed by atoms with van der Waals surface area (Å²) in [6, 6.07) is 18.0. The molecule has 0 saturated heterocycles. The normalized spacial score (nSPS) is 11.7. The molecule has 0 heterocycles. The SMILES string of the molecule is CCC(CNC(=O)COc1cccc(C)c1)c1ccccc1. The van der Waals surface area contributed by atoms with Crippen LogP contribution in [0.25, 0.3) is 0 Å². The van der Waals surface area contributed by atoms with Crippen molar-refractivity contribution < 1.29 is 9.53 Å². The van der Waals surface area contributed by atoms with Crippen LogP contribution in [0, 0.1) is 6.92 Å². The number of ether oxygens (including phenoxy) is 1. The van der Waals surface area contributed by atoms with Gasteiger partial charge in [0.15, 0.2) is 6.61 Å². The Balaban J connectivity index is 1.79. The summed E-state index contributed by atoms with van der Waals surface area (Å²) in [5.41, 5.74) is 2.37. The third kappa shape index (κ3) is 4.92. The van der Waals surface area contributed by atoms with Crippen LogP contribution in [-0.2, 0) is 4.79 Å². The van der Waals surface area contributed by atoms with Gasteiger partial charge in [0, 0.05) is 12.5 Å². The van der Waals surface area contributed by atoms with Gasteiger partial charge < -0.3 is 10.1 Å². The average Bonchev–Trinajstić information content (AvgIpc) is 2.54. The van der Waals surface area contributed by atoms with Gasteiger partial charge >= 0.3 is 0 Å². The number of hydrogen-bond acceptors (Lipinski definition) is 2. The van der Waals surface area contributed by atoms with Crippen LogP contribution in [0.3, 0.4) is 0 Å². The summed E-state index contributed by atoms with van der Waals surface area (Å²) in [6.45, 7) is 4.82. The Kier molecular flexibility index (Phi) is 6.01. The molecule has 1 amide bonds. The van der Waals surface area contributed by atoms with E-state index in [2.05, 4.69) is 24.4 Å². The fourth-order valence-electron chi connectivity index (χ4n) is 2.37. The first-order chi connectivity index (χ1) is 10.7. The lowest BCUT2D eigenvalue weighted by atomic mass is 9.96. The van der Waals surface area contributed by atoms with Gasteiger partial charge in [-0.1, -0.05) is 49.4 Å². The summed E-state index contributed by atoms with van der Waals surface area (Å²) in [4.78, 5) is 11.9. The zero-order chi connectivity index (χ0) is 15.8. The minimum absolute atomic E-state index is 0.0503. The predicted molar refractivity (Wildman–Crippen MR) is 89.2 cm³/mol. The molecule has 1 atom stereocenters. The molecule has 0 spiro atoms. The number of carbonyl (C=O) groups excluding carboxylic acids is 1. The first kappa shape index (κ1) is 16.1. The molecule has 3 nitrogen and oxygen atoms in total. The topological polar surface area (TPSA) is 38.3 Å². The van der Waals surface area contributed by atoms with Crippen LogP contribution in [0.15, 0.2) is 54.6 Å². The van der Waals surface area contributed by atoms with Gasteiger partial charge in [-0.25, -0.2) is 0 Å². The Morgan fingerprint density at radius 1 is 1.14 bits per heavy atom. The van der Waals surface area contributed by atoms with Gasteiger partial charge in [-0.05, 0) is 36.6 Å². The highest BCUT2D eigenvalue weighted by Gasteiger charge is 2.11. The standard InChI is InChI=1S/C19H23NO2/c1-3-16(17-9-5-4-6-10-17)13-20-19(21)14-22-18-11-7-8-15(2)12-18/h4-12,16H,3,13-14H2,1-2H3,(H,20,21). The molecular weight excluding hydrogens is 274 g/mol. The van der Waals surface area contributed by atoms with E-state index in [4.69, 9.17) is 4.74 Å². The summed E-state index contributed by atoms with van der Waals surface area (Å²) >= 11 is 0. The first-order valence-corrected chi connectivity index (χ1v) is 7.70. The molecule has 0 aromatic heterocycles. The Morgan fingerprint density at radius 2 is 1.91 bits per heavy atom. The van der Waals surface area contributed by atoms with E-state index in [0.29, 0.717) is 12.5 Å². The molecule has 0 fully saturated rings. The molecular formula is C19H23NO2. The fourth-order valence-corrected chi connectivity index (χ4v) is 2.37. The van der Waals surface area contributed by atoms with E-state index < -0.39 is 0 Å². The molecule has 2 rings (SSSR count). The second-order valence-corrected chi connectivity index (χ2v) is 5.43. The first-order valence-electron chi connectivity index (χ1n) is 7.70. The van der Waals surface area contributed by atoms with E-state index in [9.17, 15) is 4.79 Å². The van der Waals surface area contributed by atoms with Crippen LogP contribution in [0.1, 0.15) is 30.4 Å². The van der Waals surface area contributed by atoms with Crippen molar-refractivity contribution in [1.29, 1.82) is 0 Å². The number of hydrogen-bond donors (Lipinski definition) is 1. The Bertz CT molecular complexity index is 595. The molecule has 0 bridgehead atoms. The van der Waals surface area contributed by atoms with Crippen LogP contribution >= 0.6 is 0 Å². The maximum Gasteiger partial charge on any atom is 0.257 e. The van der Waals surface area contributed by atoms with E-state index in [-0.39, 0.29) is 12.5 Å². The van der Waals surface area contributed by atoms with Crippen LogP contribution in [-0.4, -0.2) is 19.1 Å². The lowest BCUT2D eigenvalue weighted by Gasteiger charge is -2.16. The fraction of sp³-hybridized carbons (Fsp3) is 0.316. The van der Waals surface area contributed by atoms with Gasteiger partial charge in [0.05, 0.1) is 0 Å². The zero-order valence-corrected chi connectivity index (χ0v) is 13.2. The molecule has 1 N–H and O–H groups in total. The van der Waals surface area contributed by atoms with Crippen molar-refractivity contribution in [3.63, 3.8) is 0 Å². The maximum atomic E-state index is 11.9. The summed E-state index contributed by atoms with van der Waals surface area (Å²) in [5.74, 6) is 0.977. The van der Waals surface area contributed by atoms with Gasteiger partial charge in [0.25, 0.3) is 5.91 Å². The van der Waals surface area contributed by atoms with Crippen molar-refractivity contribution in [1.82, 2.24) is 5.32 Å². The van der Waals surface area contributed by atoms with Crippen LogP contribution < -0.4 is 10.1 Å². The quantitative estimate of drug-likeness (QED) is 0.846. The molecule has 0 aliphatic heterocycles. The third-order valence-corrected chi connectivity index (χ3v) is 3.67. The summed E-state index contributed by atoms with van der Waals surface area (Å²) in [6.07, 6.45) is 0.989. The highest BCUT2D eigenvalue weighted by Crippen LogP contribution is 2.18. The minimum atomic E-state index is -0.0871. The van der Waals surface area contributed by atoms with Crippen molar-refractivity contribution in [3.05, 3.63) is 65.7 Å². The van der Waals surface area contributed by atoms with Gasteiger partial charge in [-0.15, -0.1) is 0 Å². The Morgan fingerprint density at radius 3 is 2.59 bits per heavy atom. The van der Waals surface area contributed by atoms with E-state index in [1.54, 1.807) is 0 Å².